The molecule has 0 unspecified atom stereocenters. The minimum atomic E-state index is -0.250. The highest BCUT2D eigenvalue weighted by Crippen LogP contribution is 2.19. The van der Waals surface area contributed by atoms with Crippen molar-refractivity contribution in [3.63, 3.8) is 0 Å². The molecule has 0 heterocycles. The quantitative estimate of drug-likeness (QED) is 0.766. The average molecular weight is 224 g/mol. The van der Waals surface area contributed by atoms with Gasteiger partial charge in [0.1, 0.15) is 5.75 Å². The van der Waals surface area contributed by atoms with Gasteiger partial charge in [-0.3, -0.25) is 4.79 Å². The Kier molecular flexibility index (Phi) is 4.79. The number of aliphatic hydroxyl groups excluding tert-OH is 1. The summed E-state index contributed by atoms with van der Waals surface area (Å²) in [6.45, 7) is -0.0618. The second-order valence-electron chi connectivity index (χ2n) is 3.37. The van der Waals surface area contributed by atoms with E-state index in [0.717, 1.165) is 11.1 Å². The van der Waals surface area contributed by atoms with E-state index in [1.807, 2.05) is 12.1 Å². The summed E-state index contributed by atoms with van der Waals surface area (Å²) in [4.78, 5) is 11.0. The topological polar surface area (TPSA) is 55.8 Å². The zero-order valence-electron chi connectivity index (χ0n) is 9.53. The number of esters is 1. The Morgan fingerprint density at radius 3 is 2.62 bits per heavy atom. The standard InChI is InChI=1S/C12H16O4/c1-15-11-5-3-9(10(7-11)8-13)4-6-12(14)16-2/h3,5,7,13H,4,6,8H2,1-2H3. The van der Waals surface area contributed by atoms with E-state index < -0.39 is 0 Å². The van der Waals surface area contributed by atoms with Gasteiger partial charge in [0, 0.05) is 6.42 Å². The molecule has 88 valence electrons. The summed E-state index contributed by atoms with van der Waals surface area (Å²) >= 11 is 0. The van der Waals surface area contributed by atoms with Crippen LogP contribution in [0.1, 0.15) is 17.5 Å². The van der Waals surface area contributed by atoms with E-state index in [2.05, 4.69) is 4.74 Å². The number of ether oxygens (including phenoxy) is 2. The Hall–Kier alpha value is -1.55. The van der Waals surface area contributed by atoms with E-state index in [-0.39, 0.29) is 12.6 Å². The summed E-state index contributed by atoms with van der Waals surface area (Å²) in [5, 5.41) is 9.19. The predicted molar refractivity (Wildman–Crippen MR) is 59.3 cm³/mol. The minimum absolute atomic E-state index is 0.0618. The van der Waals surface area contributed by atoms with Crippen LogP contribution in [0.25, 0.3) is 0 Å². The SMILES string of the molecule is COC(=O)CCc1ccc(OC)cc1CO. The lowest BCUT2D eigenvalue weighted by Gasteiger charge is -2.08. The van der Waals surface area contributed by atoms with Gasteiger partial charge >= 0.3 is 5.97 Å². The second kappa shape index (κ2) is 6.12. The number of aliphatic hydroxyl groups is 1. The first-order valence-electron chi connectivity index (χ1n) is 5.04. The maximum Gasteiger partial charge on any atom is 0.305 e. The first-order valence-corrected chi connectivity index (χ1v) is 5.04. The number of rotatable bonds is 5. The fourth-order valence-corrected chi connectivity index (χ4v) is 1.46. The van der Waals surface area contributed by atoms with Crippen LogP contribution in [0.4, 0.5) is 0 Å². The Morgan fingerprint density at radius 2 is 2.06 bits per heavy atom. The van der Waals surface area contributed by atoms with Gasteiger partial charge in [0.2, 0.25) is 0 Å². The van der Waals surface area contributed by atoms with Crippen molar-refractivity contribution in [2.75, 3.05) is 14.2 Å². The van der Waals surface area contributed by atoms with Gasteiger partial charge < -0.3 is 14.6 Å². The maximum atomic E-state index is 11.0. The highest BCUT2D eigenvalue weighted by molar-refractivity contribution is 5.69. The van der Waals surface area contributed by atoms with Crippen molar-refractivity contribution in [3.05, 3.63) is 29.3 Å². The third-order valence-corrected chi connectivity index (χ3v) is 2.41. The molecule has 1 aromatic rings. The molecule has 0 amide bonds. The Morgan fingerprint density at radius 1 is 1.31 bits per heavy atom. The summed E-state index contributed by atoms with van der Waals surface area (Å²) in [6, 6.07) is 5.44. The van der Waals surface area contributed by atoms with E-state index in [9.17, 15) is 9.90 Å². The number of aryl methyl sites for hydroxylation is 1. The van der Waals surface area contributed by atoms with Crippen molar-refractivity contribution >= 4 is 5.97 Å². The molecule has 0 aromatic heterocycles. The molecule has 0 aliphatic rings. The van der Waals surface area contributed by atoms with Gasteiger partial charge in [0.25, 0.3) is 0 Å². The molecule has 1 rings (SSSR count). The first kappa shape index (κ1) is 12.5. The number of hydrogen-bond acceptors (Lipinski definition) is 4. The molecule has 1 aromatic carbocycles. The zero-order chi connectivity index (χ0) is 12.0. The highest BCUT2D eigenvalue weighted by Gasteiger charge is 2.06. The van der Waals surface area contributed by atoms with Gasteiger partial charge in [-0.15, -0.1) is 0 Å². The summed E-state index contributed by atoms with van der Waals surface area (Å²) in [7, 11) is 2.94. The van der Waals surface area contributed by atoms with E-state index in [4.69, 9.17) is 4.74 Å². The largest absolute Gasteiger partial charge is 0.497 e. The molecule has 0 atom stereocenters. The Labute approximate surface area is 94.8 Å². The van der Waals surface area contributed by atoms with E-state index in [0.29, 0.717) is 18.6 Å². The molecule has 0 aliphatic carbocycles. The molecule has 4 heteroatoms. The van der Waals surface area contributed by atoms with Gasteiger partial charge in [-0.2, -0.15) is 0 Å². The highest BCUT2D eigenvalue weighted by atomic mass is 16.5. The molecule has 0 radical (unpaired) electrons. The average Bonchev–Trinajstić information content (AvgIpc) is 2.35. The number of hydrogen-bond donors (Lipinski definition) is 1. The van der Waals surface area contributed by atoms with Crippen molar-refractivity contribution in [2.45, 2.75) is 19.4 Å². The number of methoxy groups -OCH3 is 2. The molecule has 0 saturated carbocycles. The molecule has 0 saturated heterocycles. The minimum Gasteiger partial charge on any atom is -0.497 e. The van der Waals surface area contributed by atoms with Crippen LogP contribution in [0.5, 0.6) is 5.75 Å². The zero-order valence-corrected chi connectivity index (χ0v) is 9.53. The van der Waals surface area contributed by atoms with Crippen molar-refractivity contribution in [3.8, 4) is 5.75 Å². The lowest BCUT2D eigenvalue weighted by atomic mass is 10.0. The summed E-state index contributed by atoms with van der Waals surface area (Å²) in [5.41, 5.74) is 1.72. The Bertz CT molecular complexity index is 360. The molecular formula is C12H16O4. The lowest BCUT2D eigenvalue weighted by Crippen LogP contribution is -2.04. The molecule has 0 bridgehead atoms. The van der Waals surface area contributed by atoms with Crippen molar-refractivity contribution in [1.29, 1.82) is 0 Å². The molecule has 16 heavy (non-hydrogen) atoms. The monoisotopic (exact) mass is 224 g/mol. The smallest absolute Gasteiger partial charge is 0.305 e. The third kappa shape index (κ3) is 3.24. The second-order valence-corrected chi connectivity index (χ2v) is 3.37. The molecule has 0 aliphatic heterocycles. The maximum absolute atomic E-state index is 11.0. The van der Waals surface area contributed by atoms with E-state index in [1.165, 1.54) is 7.11 Å². The van der Waals surface area contributed by atoms with Crippen LogP contribution >= 0.6 is 0 Å². The number of benzene rings is 1. The molecule has 0 fully saturated rings. The predicted octanol–water partition coefficient (Wildman–Crippen LogP) is 1.29. The first-order chi connectivity index (χ1) is 7.71. The fraction of sp³-hybridized carbons (Fsp3) is 0.417. The number of carbonyl (C=O) groups excluding carboxylic acids is 1. The Balaban J connectivity index is 2.75. The van der Waals surface area contributed by atoms with Crippen LogP contribution in [-0.4, -0.2) is 25.3 Å². The summed E-state index contributed by atoms with van der Waals surface area (Å²) in [6.07, 6.45) is 0.877. The van der Waals surface area contributed by atoms with Gasteiger partial charge in [-0.05, 0) is 29.7 Å². The van der Waals surface area contributed by atoms with Crippen LogP contribution in [0, 0.1) is 0 Å². The number of carbonyl (C=O) groups is 1. The summed E-state index contributed by atoms with van der Waals surface area (Å²) in [5.74, 6) is 0.450. The molecule has 0 spiro atoms. The molecule has 4 nitrogen and oxygen atoms in total. The van der Waals surface area contributed by atoms with Gasteiger partial charge in [0.05, 0.1) is 20.8 Å². The van der Waals surface area contributed by atoms with Gasteiger partial charge in [-0.25, -0.2) is 0 Å². The van der Waals surface area contributed by atoms with Crippen LogP contribution in [0.3, 0.4) is 0 Å². The van der Waals surface area contributed by atoms with E-state index in [1.54, 1.807) is 13.2 Å². The third-order valence-electron chi connectivity index (χ3n) is 2.41. The lowest BCUT2D eigenvalue weighted by molar-refractivity contribution is -0.140. The van der Waals surface area contributed by atoms with Crippen molar-refractivity contribution in [1.82, 2.24) is 0 Å². The molecule has 1 N–H and O–H groups in total. The van der Waals surface area contributed by atoms with Crippen molar-refractivity contribution < 1.29 is 19.4 Å². The van der Waals surface area contributed by atoms with Gasteiger partial charge in [0.15, 0.2) is 0 Å². The normalized spacial score (nSPS) is 9.94. The van der Waals surface area contributed by atoms with Gasteiger partial charge in [-0.1, -0.05) is 6.07 Å². The van der Waals surface area contributed by atoms with Crippen LogP contribution in [0.2, 0.25) is 0 Å². The van der Waals surface area contributed by atoms with Crippen LogP contribution < -0.4 is 4.74 Å². The van der Waals surface area contributed by atoms with Crippen LogP contribution in [-0.2, 0) is 22.6 Å². The van der Waals surface area contributed by atoms with Crippen molar-refractivity contribution in [2.24, 2.45) is 0 Å². The van der Waals surface area contributed by atoms with E-state index >= 15 is 0 Å². The summed E-state index contributed by atoms with van der Waals surface area (Å²) < 4.78 is 9.62. The fourth-order valence-electron chi connectivity index (χ4n) is 1.46. The molecular weight excluding hydrogens is 208 g/mol. The van der Waals surface area contributed by atoms with Crippen LogP contribution in [0.15, 0.2) is 18.2 Å².